The fourth-order valence-corrected chi connectivity index (χ4v) is 3.48. The third-order valence-electron chi connectivity index (χ3n) is 5.34. The van der Waals surface area contributed by atoms with Crippen molar-refractivity contribution in [3.8, 4) is 0 Å². The summed E-state index contributed by atoms with van der Waals surface area (Å²) in [6, 6.07) is 5.63. The average molecular weight is 417 g/mol. The summed E-state index contributed by atoms with van der Waals surface area (Å²) in [5, 5.41) is 52.2. The zero-order chi connectivity index (χ0) is 22.5. The van der Waals surface area contributed by atoms with E-state index in [-0.39, 0.29) is 0 Å². The van der Waals surface area contributed by atoms with Crippen LogP contribution in [0, 0.1) is 19.3 Å². The number of benzene rings is 1. The molecule has 30 heavy (non-hydrogen) atoms. The minimum atomic E-state index is -1.70. The molecule has 0 aliphatic heterocycles. The molecular formula is C24H32O6. The first-order valence-electron chi connectivity index (χ1n) is 9.89. The minimum Gasteiger partial charge on any atom is -0.510 e. The van der Waals surface area contributed by atoms with Crippen LogP contribution in [0.4, 0.5) is 0 Å². The predicted molar refractivity (Wildman–Crippen MR) is 117 cm³/mol. The molecule has 164 valence electrons. The van der Waals surface area contributed by atoms with E-state index in [1.54, 1.807) is 0 Å². The van der Waals surface area contributed by atoms with Crippen LogP contribution >= 0.6 is 0 Å². The molecule has 0 saturated carbocycles. The van der Waals surface area contributed by atoms with Crippen LogP contribution in [0.1, 0.15) is 30.0 Å². The molecule has 1 aromatic carbocycles. The standard InChI is InChI=1S/C24H32O6/c1-15-8-9-17(16(2)12-15)13-18(25)21(28)23(30-4)22(29)20(27)19(26)14-24(3)10-6-5-7-11-24/h5-10,12-14,20-23,25-29H,11H2,1-4H3. The quantitative estimate of drug-likeness (QED) is 0.416. The Kier molecular flexibility index (Phi) is 8.03. The van der Waals surface area contributed by atoms with E-state index in [0.29, 0.717) is 12.0 Å². The second kappa shape index (κ2) is 10.1. The molecule has 1 aromatic rings. The molecule has 0 amide bonds. The van der Waals surface area contributed by atoms with Crippen molar-refractivity contribution in [3.63, 3.8) is 0 Å². The van der Waals surface area contributed by atoms with Gasteiger partial charge in [-0.3, -0.25) is 0 Å². The van der Waals surface area contributed by atoms with Gasteiger partial charge in [0.15, 0.2) is 0 Å². The van der Waals surface area contributed by atoms with Crippen molar-refractivity contribution in [3.05, 3.63) is 76.8 Å². The van der Waals surface area contributed by atoms with Crippen LogP contribution in [0.5, 0.6) is 0 Å². The molecule has 0 aromatic heterocycles. The van der Waals surface area contributed by atoms with Gasteiger partial charge < -0.3 is 30.3 Å². The lowest BCUT2D eigenvalue weighted by atomic mass is 9.82. The summed E-state index contributed by atoms with van der Waals surface area (Å²) < 4.78 is 5.14. The molecule has 0 saturated heterocycles. The van der Waals surface area contributed by atoms with Gasteiger partial charge in [-0.2, -0.15) is 0 Å². The van der Waals surface area contributed by atoms with Gasteiger partial charge in [0, 0.05) is 12.5 Å². The predicted octanol–water partition coefficient (Wildman–Crippen LogP) is 3.26. The van der Waals surface area contributed by atoms with E-state index in [0.717, 1.165) is 11.1 Å². The summed E-state index contributed by atoms with van der Waals surface area (Å²) in [5.74, 6) is -0.854. The van der Waals surface area contributed by atoms with Gasteiger partial charge in [0.2, 0.25) is 0 Å². The zero-order valence-corrected chi connectivity index (χ0v) is 17.9. The summed E-state index contributed by atoms with van der Waals surface area (Å²) in [5.41, 5.74) is 2.17. The van der Waals surface area contributed by atoms with Gasteiger partial charge >= 0.3 is 0 Å². The van der Waals surface area contributed by atoms with Gasteiger partial charge in [-0.25, -0.2) is 0 Å². The van der Waals surface area contributed by atoms with E-state index in [1.807, 2.05) is 63.3 Å². The third kappa shape index (κ3) is 5.83. The van der Waals surface area contributed by atoms with Crippen LogP contribution in [0.2, 0.25) is 0 Å². The Morgan fingerprint density at radius 2 is 1.77 bits per heavy atom. The Labute approximate surface area is 177 Å². The minimum absolute atomic E-state index is 0.421. The fourth-order valence-electron chi connectivity index (χ4n) is 3.48. The maximum absolute atomic E-state index is 10.5. The highest BCUT2D eigenvalue weighted by molar-refractivity contribution is 5.56. The molecule has 0 bridgehead atoms. The topological polar surface area (TPSA) is 110 Å². The SMILES string of the molecule is COC(C(O)C(O)=Cc1ccc(C)cc1C)C(O)C(O)C(O)=CC1(C)C=CC=CC1. The largest absolute Gasteiger partial charge is 0.510 e. The molecule has 6 nitrogen and oxygen atoms in total. The van der Waals surface area contributed by atoms with Crippen LogP contribution in [0.3, 0.4) is 0 Å². The Balaban J connectivity index is 2.19. The van der Waals surface area contributed by atoms with Crippen LogP contribution < -0.4 is 0 Å². The summed E-state index contributed by atoms with van der Waals surface area (Å²) in [6.45, 7) is 5.71. The average Bonchev–Trinajstić information content (AvgIpc) is 2.69. The molecule has 6 heteroatoms. The molecule has 0 fully saturated rings. The molecule has 0 heterocycles. The van der Waals surface area contributed by atoms with E-state index in [1.165, 1.54) is 19.3 Å². The highest BCUT2D eigenvalue weighted by Crippen LogP contribution is 2.31. The van der Waals surface area contributed by atoms with Crippen LogP contribution in [-0.4, -0.2) is 57.1 Å². The number of methoxy groups -OCH3 is 1. The smallest absolute Gasteiger partial charge is 0.139 e. The van der Waals surface area contributed by atoms with Gasteiger partial charge in [-0.1, -0.05) is 55.0 Å². The number of ether oxygens (including phenoxy) is 1. The van der Waals surface area contributed by atoms with Gasteiger partial charge in [0.1, 0.15) is 35.9 Å². The lowest BCUT2D eigenvalue weighted by molar-refractivity contribution is -0.116. The molecule has 0 radical (unpaired) electrons. The van der Waals surface area contributed by atoms with Crippen LogP contribution in [0.15, 0.2) is 60.1 Å². The van der Waals surface area contributed by atoms with Crippen LogP contribution in [0.25, 0.3) is 6.08 Å². The van der Waals surface area contributed by atoms with Crippen molar-refractivity contribution in [1.82, 2.24) is 0 Å². The summed E-state index contributed by atoms with van der Waals surface area (Å²) in [6.07, 6.45) is 4.67. The molecule has 5 N–H and O–H groups in total. The monoisotopic (exact) mass is 416 g/mol. The van der Waals surface area contributed by atoms with E-state index < -0.39 is 41.3 Å². The maximum atomic E-state index is 10.5. The van der Waals surface area contributed by atoms with Crippen molar-refractivity contribution in [2.75, 3.05) is 7.11 Å². The molecule has 2 rings (SSSR count). The highest BCUT2D eigenvalue weighted by Gasteiger charge is 2.36. The molecule has 0 spiro atoms. The van der Waals surface area contributed by atoms with Gasteiger partial charge in [0.05, 0.1) is 0 Å². The van der Waals surface area contributed by atoms with Gasteiger partial charge in [-0.05, 0) is 43.5 Å². The molecule has 5 unspecified atom stereocenters. The second-order valence-corrected chi connectivity index (χ2v) is 8.08. The Bertz CT molecular complexity index is 853. The van der Waals surface area contributed by atoms with Crippen LogP contribution in [-0.2, 0) is 4.74 Å². The van der Waals surface area contributed by atoms with E-state index in [4.69, 9.17) is 4.74 Å². The second-order valence-electron chi connectivity index (χ2n) is 8.08. The first-order valence-corrected chi connectivity index (χ1v) is 9.89. The number of rotatable bonds is 8. The number of allylic oxidation sites excluding steroid dienone is 5. The number of hydrogen-bond donors (Lipinski definition) is 5. The first kappa shape index (κ1) is 23.9. The van der Waals surface area contributed by atoms with Gasteiger partial charge in [0.25, 0.3) is 0 Å². The molecule has 5 atom stereocenters. The lowest BCUT2D eigenvalue weighted by Gasteiger charge is -2.30. The van der Waals surface area contributed by atoms with Crippen molar-refractivity contribution in [2.45, 2.75) is 51.6 Å². The molecule has 1 aliphatic rings. The summed E-state index contributed by atoms with van der Waals surface area (Å²) in [4.78, 5) is 0. The van der Waals surface area contributed by atoms with E-state index >= 15 is 0 Å². The van der Waals surface area contributed by atoms with Crippen molar-refractivity contribution in [2.24, 2.45) is 5.41 Å². The normalized spacial score (nSPS) is 23.8. The van der Waals surface area contributed by atoms with Gasteiger partial charge in [-0.15, -0.1) is 0 Å². The number of aliphatic hydroxyl groups excluding tert-OH is 5. The Hall–Kier alpha value is -2.38. The van der Waals surface area contributed by atoms with E-state index in [2.05, 4.69) is 0 Å². The Morgan fingerprint density at radius 1 is 1.07 bits per heavy atom. The zero-order valence-electron chi connectivity index (χ0n) is 17.9. The Morgan fingerprint density at radius 3 is 2.33 bits per heavy atom. The first-order chi connectivity index (χ1) is 14.1. The lowest BCUT2D eigenvalue weighted by Crippen LogP contribution is -2.47. The third-order valence-corrected chi connectivity index (χ3v) is 5.34. The van der Waals surface area contributed by atoms with Crippen molar-refractivity contribution in [1.29, 1.82) is 0 Å². The fraction of sp³-hybridized carbons (Fsp3) is 0.417. The summed E-state index contributed by atoms with van der Waals surface area (Å²) >= 11 is 0. The van der Waals surface area contributed by atoms with E-state index in [9.17, 15) is 25.5 Å². The number of hydrogen-bond acceptors (Lipinski definition) is 6. The summed E-state index contributed by atoms with van der Waals surface area (Å²) in [7, 11) is 1.24. The number of aryl methyl sites for hydroxylation is 2. The highest BCUT2D eigenvalue weighted by atomic mass is 16.5. The molecular weight excluding hydrogens is 384 g/mol. The molecule has 1 aliphatic carbocycles. The number of aliphatic hydroxyl groups is 5. The maximum Gasteiger partial charge on any atom is 0.139 e. The van der Waals surface area contributed by atoms with Crippen molar-refractivity contribution < 1.29 is 30.3 Å². The van der Waals surface area contributed by atoms with Crippen molar-refractivity contribution >= 4 is 6.08 Å².